The van der Waals surface area contributed by atoms with Crippen LogP contribution in [-0.4, -0.2) is 48.3 Å². The molecule has 0 spiro atoms. The SMILES string of the molecule is COc1ccc(-c2ccc(C(=O)Nc3ccn(CCN(C)C)n3)c(F)c2)c(F)c1. The molecule has 29 heavy (non-hydrogen) atoms. The average molecular weight is 400 g/mol. The fraction of sp³-hybridized carbons (Fsp3) is 0.238. The van der Waals surface area contributed by atoms with E-state index in [0.717, 1.165) is 12.6 Å². The third-order valence-corrected chi connectivity index (χ3v) is 4.36. The molecule has 0 unspecified atom stereocenters. The second-order valence-electron chi connectivity index (χ2n) is 6.76. The number of carbonyl (C=O) groups is 1. The number of rotatable bonds is 7. The highest BCUT2D eigenvalue weighted by Crippen LogP contribution is 2.27. The van der Waals surface area contributed by atoms with Crippen molar-refractivity contribution in [1.82, 2.24) is 14.7 Å². The molecule has 2 aromatic carbocycles. The minimum absolute atomic E-state index is 0.148. The van der Waals surface area contributed by atoms with E-state index in [1.54, 1.807) is 23.0 Å². The van der Waals surface area contributed by atoms with Gasteiger partial charge in [-0.1, -0.05) is 6.07 Å². The fourth-order valence-corrected chi connectivity index (χ4v) is 2.76. The Morgan fingerprint density at radius 2 is 1.93 bits per heavy atom. The van der Waals surface area contributed by atoms with E-state index in [9.17, 15) is 13.6 Å². The Balaban J connectivity index is 1.74. The fourth-order valence-electron chi connectivity index (χ4n) is 2.76. The van der Waals surface area contributed by atoms with Gasteiger partial charge in [0.05, 0.1) is 19.2 Å². The molecule has 0 aliphatic heterocycles. The summed E-state index contributed by atoms with van der Waals surface area (Å²) in [4.78, 5) is 14.4. The summed E-state index contributed by atoms with van der Waals surface area (Å²) in [7, 11) is 5.35. The minimum Gasteiger partial charge on any atom is -0.497 e. The molecule has 0 saturated carbocycles. The zero-order valence-corrected chi connectivity index (χ0v) is 16.4. The summed E-state index contributed by atoms with van der Waals surface area (Å²) in [6.45, 7) is 1.46. The summed E-state index contributed by atoms with van der Waals surface area (Å²) in [6, 6.07) is 9.92. The first-order chi connectivity index (χ1) is 13.9. The van der Waals surface area contributed by atoms with Crippen LogP contribution in [0.4, 0.5) is 14.6 Å². The quantitative estimate of drug-likeness (QED) is 0.658. The van der Waals surface area contributed by atoms with E-state index in [2.05, 4.69) is 10.4 Å². The van der Waals surface area contributed by atoms with Gasteiger partial charge in [-0.05, 0) is 43.9 Å². The highest BCUT2D eigenvalue weighted by atomic mass is 19.1. The van der Waals surface area contributed by atoms with Crippen LogP contribution in [0.1, 0.15) is 10.4 Å². The number of anilines is 1. The molecule has 0 aliphatic carbocycles. The summed E-state index contributed by atoms with van der Waals surface area (Å²) in [5.41, 5.74) is 0.397. The highest BCUT2D eigenvalue weighted by molar-refractivity contribution is 6.04. The van der Waals surface area contributed by atoms with E-state index in [-0.39, 0.29) is 11.1 Å². The van der Waals surface area contributed by atoms with Gasteiger partial charge in [-0.3, -0.25) is 9.48 Å². The summed E-state index contributed by atoms with van der Waals surface area (Å²) >= 11 is 0. The Morgan fingerprint density at radius 3 is 2.59 bits per heavy atom. The number of benzene rings is 2. The van der Waals surface area contributed by atoms with E-state index in [1.165, 1.54) is 31.4 Å². The predicted octanol–water partition coefficient (Wildman–Crippen LogP) is 3.65. The molecule has 1 aromatic heterocycles. The first kappa shape index (κ1) is 20.5. The van der Waals surface area contributed by atoms with Crippen LogP contribution in [0, 0.1) is 11.6 Å². The summed E-state index contributed by atoms with van der Waals surface area (Å²) < 4.78 is 35.4. The Morgan fingerprint density at radius 1 is 1.14 bits per heavy atom. The Labute approximate surface area is 167 Å². The third-order valence-electron chi connectivity index (χ3n) is 4.36. The standard InChI is InChI=1S/C21H22F2N4O2/c1-26(2)10-11-27-9-8-20(25-27)24-21(28)17-6-4-14(12-18(17)22)16-7-5-15(29-3)13-19(16)23/h4-9,12-13H,10-11H2,1-3H3,(H,24,25,28). The number of hydrogen-bond donors (Lipinski definition) is 1. The second kappa shape index (κ2) is 8.83. The number of likely N-dealkylation sites (N-methyl/N-ethyl adjacent to an activating group) is 1. The Bertz CT molecular complexity index is 1020. The number of methoxy groups -OCH3 is 1. The smallest absolute Gasteiger partial charge is 0.259 e. The monoisotopic (exact) mass is 400 g/mol. The molecule has 152 valence electrons. The van der Waals surface area contributed by atoms with Crippen molar-refractivity contribution in [3.63, 3.8) is 0 Å². The van der Waals surface area contributed by atoms with Crippen molar-refractivity contribution in [2.24, 2.45) is 0 Å². The molecule has 0 fully saturated rings. The van der Waals surface area contributed by atoms with Crippen LogP contribution in [0.15, 0.2) is 48.7 Å². The van der Waals surface area contributed by atoms with Crippen molar-refractivity contribution in [3.05, 3.63) is 65.9 Å². The summed E-state index contributed by atoms with van der Waals surface area (Å²) in [5, 5.41) is 6.82. The van der Waals surface area contributed by atoms with Crippen molar-refractivity contribution >= 4 is 11.7 Å². The lowest BCUT2D eigenvalue weighted by Crippen LogP contribution is -2.19. The number of aromatic nitrogens is 2. The van der Waals surface area contributed by atoms with E-state index < -0.39 is 17.5 Å². The van der Waals surface area contributed by atoms with Gasteiger partial charge in [0.1, 0.15) is 17.4 Å². The van der Waals surface area contributed by atoms with Crippen LogP contribution < -0.4 is 10.1 Å². The van der Waals surface area contributed by atoms with Crippen LogP contribution in [0.2, 0.25) is 0 Å². The molecular weight excluding hydrogens is 378 g/mol. The van der Waals surface area contributed by atoms with Gasteiger partial charge >= 0.3 is 0 Å². The molecule has 0 bridgehead atoms. The van der Waals surface area contributed by atoms with Gasteiger partial charge in [0.2, 0.25) is 0 Å². The molecular formula is C21H22F2N4O2. The van der Waals surface area contributed by atoms with Gasteiger partial charge in [-0.15, -0.1) is 0 Å². The number of halogens is 2. The lowest BCUT2D eigenvalue weighted by atomic mass is 10.0. The molecule has 3 aromatic rings. The van der Waals surface area contributed by atoms with Crippen molar-refractivity contribution in [2.75, 3.05) is 33.1 Å². The van der Waals surface area contributed by atoms with E-state index >= 15 is 0 Å². The second-order valence-corrected chi connectivity index (χ2v) is 6.76. The molecule has 8 heteroatoms. The minimum atomic E-state index is -0.748. The van der Waals surface area contributed by atoms with E-state index in [1.807, 2.05) is 19.0 Å². The van der Waals surface area contributed by atoms with E-state index in [0.29, 0.717) is 23.7 Å². The lowest BCUT2D eigenvalue weighted by Gasteiger charge is -2.09. The maximum atomic E-state index is 14.5. The van der Waals surface area contributed by atoms with Crippen LogP contribution in [0.3, 0.4) is 0 Å². The summed E-state index contributed by atoms with van der Waals surface area (Å²) in [6.07, 6.45) is 1.74. The molecule has 3 rings (SSSR count). The van der Waals surface area contributed by atoms with Crippen molar-refractivity contribution in [1.29, 1.82) is 0 Å². The lowest BCUT2D eigenvalue weighted by molar-refractivity contribution is 0.102. The third kappa shape index (κ3) is 4.97. The first-order valence-corrected chi connectivity index (χ1v) is 9.00. The van der Waals surface area contributed by atoms with Crippen LogP contribution in [-0.2, 0) is 6.54 Å². The maximum absolute atomic E-state index is 14.5. The molecule has 0 atom stereocenters. The van der Waals surface area contributed by atoms with Gasteiger partial charge < -0.3 is 15.0 Å². The molecule has 1 heterocycles. The van der Waals surface area contributed by atoms with Gasteiger partial charge in [0.15, 0.2) is 5.82 Å². The number of hydrogen-bond acceptors (Lipinski definition) is 4. The van der Waals surface area contributed by atoms with Gasteiger partial charge in [0.25, 0.3) is 5.91 Å². The molecule has 1 amide bonds. The average Bonchev–Trinajstić information content (AvgIpc) is 3.13. The molecule has 6 nitrogen and oxygen atoms in total. The van der Waals surface area contributed by atoms with Crippen LogP contribution in [0.5, 0.6) is 5.75 Å². The van der Waals surface area contributed by atoms with Crippen LogP contribution >= 0.6 is 0 Å². The number of ether oxygens (including phenoxy) is 1. The molecule has 0 radical (unpaired) electrons. The number of amides is 1. The van der Waals surface area contributed by atoms with Gasteiger partial charge in [-0.2, -0.15) is 5.10 Å². The van der Waals surface area contributed by atoms with Gasteiger partial charge in [0, 0.05) is 30.4 Å². The molecule has 0 saturated heterocycles. The normalized spacial score (nSPS) is 11.0. The van der Waals surface area contributed by atoms with E-state index in [4.69, 9.17) is 4.74 Å². The number of nitrogens with one attached hydrogen (secondary N) is 1. The molecule has 0 aliphatic rings. The molecule has 1 N–H and O–H groups in total. The van der Waals surface area contributed by atoms with Gasteiger partial charge in [-0.25, -0.2) is 8.78 Å². The predicted molar refractivity (Wildman–Crippen MR) is 107 cm³/mol. The zero-order chi connectivity index (χ0) is 21.0. The Kier molecular flexibility index (Phi) is 6.23. The summed E-state index contributed by atoms with van der Waals surface area (Å²) in [5.74, 6) is -1.21. The van der Waals surface area contributed by atoms with Crippen molar-refractivity contribution in [3.8, 4) is 16.9 Å². The number of carbonyl (C=O) groups excluding carboxylic acids is 1. The largest absolute Gasteiger partial charge is 0.497 e. The van der Waals surface area contributed by atoms with Crippen LogP contribution in [0.25, 0.3) is 11.1 Å². The Hall–Kier alpha value is -3.26. The van der Waals surface area contributed by atoms with Crippen molar-refractivity contribution < 1.29 is 18.3 Å². The first-order valence-electron chi connectivity index (χ1n) is 9.00. The zero-order valence-electron chi connectivity index (χ0n) is 16.4. The highest BCUT2D eigenvalue weighted by Gasteiger charge is 2.16. The topological polar surface area (TPSA) is 59.4 Å². The van der Waals surface area contributed by atoms with Crippen molar-refractivity contribution in [2.45, 2.75) is 6.54 Å². The number of nitrogens with zero attached hydrogens (tertiary/aromatic N) is 3. The maximum Gasteiger partial charge on any atom is 0.259 e.